The number of carbonyl (C=O) groups is 1. The van der Waals surface area contributed by atoms with Crippen molar-refractivity contribution in [2.75, 3.05) is 0 Å². The van der Waals surface area contributed by atoms with Gasteiger partial charge in [-0.3, -0.25) is 9.59 Å². The van der Waals surface area contributed by atoms with Gasteiger partial charge in [-0.2, -0.15) is 13.2 Å². The van der Waals surface area contributed by atoms with Gasteiger partial charge in [-0.25, -0.2) is 0 Å². The van der Waals surface area contributed by atoms with E-state index in [2.05, 4.69) is 5.32 Å². The molecule has 4 aliphatic carbocycles. The largest absolute Gasteiger partial charge is 0.417 e. The third kappa shape index (κ3) is 3.58. The minimum Gasteiger partial charge on any atom is -0.352 e. The lowest BCUT2D eigenvalue weighted by Crippen LogP contribution is -2.56. The van der Waals surface area contributed by atoms with E-state index in [1.807, 2.05) is 6.92 Å². The zero-order valence-corrected chi connectivity index (χ0v) is 16.4. The van der Waals surface area contributed by atoms with Crippen molar-refractivity contribution in [1.82, 2.24) is 9.88 Å². The molecule has 1 aromatic rings. The summed E-state index contributed by atoms with van der Waals surface area (Å²) >= 11 is 5.66. The molecule has 4 aliphatic rings. The summed E-state index contributed by atoms with van der Waals surface area (Å²) in [6.07, 6.45) is 3.21. The van der Waals surface area contributed by atoms with Crippen molar-refractivity contribution in [1.29, 1.82) is 0 Å². The van der Waals surface area contributed by atoms with Gasteiger partial charge in [-0.15, -0.1) is 0 Å². The minimum atomic E-state index is -4.64. The molecular weight excluding hydrogens is 393 g/mol. The van der Waals surface area contributed by atoms with Crippen LogP contribution in [0.15, 0.2) is 17.1 Å². The van der Waals surface area contributed by atoms with Crippen LogP contribution in [-0.2, 0) is 17.5 Å². The van der Waals surface area contributed by atoms with Gasteiger partial charge in [0.15, 0.2) is 0 Å². The van der Waals surface area contributed by atoms with Crippen molar-refractivity contribution in [3.8, 4) is 0 Å². The number of halogens is 4. The molecule has 28 heavy (non-hydrogen) atoms. The van der Waals surface area contributed by atoms with Crippen molar-refractivity contribution < 1.29 is 18.0 Å². The summed E-state index contributed by atoms with van der Waals surface area (Å²) in [4.78, 5) is 24.6. The highest BCUT2D eigenvalue weighted by Crippen LogP contribution is 2.61. The summed E-state index contributed by atoms with van der Waals surface area (Å²) in [6.45, 7) is 1.52. The summed E-state index contributed by atoms with van der Waals surface area (Å²) in [7, 11) is 0. The second-order valence-corrected chi connectivity index (χ2v) is 9.48. The maximum atomic E-state index is 13.0. The Morgan fingerprint density at radius 2 is 1.79 bits per heavy atom. The zero-order chi connectivity index (χ0) is 20.3. The van der Waals surface area contributed by atoms with Crippen LogP contribution < -0.4 is 10.9 Å². The number of aromatic nitrogens is 1. The highest BCUT2D eigenvalue weighted by atomic mass is 35.5. The second kappa shape index (κ2) is 6.78. The highest BCUT2D eigenvalue weighted by molar-refractivity contribution is 6.30. The number of rotatable bonds is 4. The monoisotopic (exact) mass is 416 g/mol. The third-order valence-corrected chi connectivity index (χ3v) is 7.34. The number of pyridine rings is 1. The van der Waals surface area contributed by atoms with Crippen LogP contribution in [0.5, 0.6) is 0 Å². The molecule has 0 aromatic carbocycles. The van der Waals surface area contributed by atoms with Crippen LogP contribution in [0, 0.1) is 23.2 Å². The smallest absolute Gasteiger partial charge is 0.352 e. The molecule has 0 radical (unpaired) electrons. The SMILES string of the molecule is C[C@@H](NC(=O)Cn1cc(C(F)(F)F)cc(Cl)c1=O)C12CC3CC(CC(C3)C1)C2. The van der Waals surface area contributed by atoms with Crippen molar-refractivity contribution in [2.45, 2.75) is 64.2 Å². The summed E-state index contributed by atoms with van der Waals surface area (Å²) in [5, 5.41) is 2.42. The number of carbonyl (C=O) groups excluding carboxylic acids is 1. The van der Waals surface area contributed by atoms with Gasteiger partial charge < -0.3 is 9.88 Å². The van der Waals surface area contributed by atoms with Crippen molar-refractivity contribution in [3.05, 3.63) is 33.2 Å². The van der Waals surface area contributed by atoms with E-state index in [1.54, 1.807) is 0 Å². The van der Waals surface area contributed by atoms with E-state index < -0.39 is 34.8 Å². The van der Waals surface area contributed by atoms with Gasteiger partial charge >= 0.3 is 6.18 Å². The van der Waals surface area contributed by atoms with E-state index in [1.165, 1.54) is 19.3 Å². The molecule has 1 atom stereocenters. The lowest BCUT2D eigenvalue weighted by atomic mass is 9.48. The van der Waals surface area contributed by atoms with Gasteiger partial charge in [0.2, 0.25) is 5.91 Å². The van der Waals surface area contributed by atoms with E-state index in [0.717, 1.165) is 41.6 Å². The Bertz CT molecular complexity index is 814. The minimum absolute atomic E-state index is 0.0645. The average Bonchev–Trinajstić information content (AvgIpc) is 2.56. The first-order valence-electron chi connectivity index (χ1n) is 9.82. The molecule has 0 spiro atoms. The molecular formula is C20H24ClF3N2O2. The molecule has 8 heteroatoms. The van der Waals surface area contributed by atoms with Crippen LogP contribution in [0.2, 0.25) is 5.02 Å². The van der Waals surface area contributed by atoms with Gasteiger partial charge in [0.25, 0.3) is 5.56 Å². The second-order valence-electron chi connectivity index (χ2n) is 9.08. The Balaban J connectivity index is 1.48. The fraction of sp³-hybridized carbons (Fsp3) is 0.700. The Labute approximate surface area is 166 Å². The summed E-state index contributed by atoms with van der Waals surface area (Å²) < 4.78 is 39.7. The van der Waals surface area contributed by atoms with Crippen LogP contribution in [0.3, 0.4) is 0 Å². The third-order valence-electron chi connectivity index (χ3n) is 7.07. The Morgan fingerprint density at radius 3 is 2.29 bits per heavy atom. The van der Waals surface area contributed by atoms with E-state index in [0.29, 0.717) is 12.3 Å². The Hall–Kier alpha value is -1.50. The van der Waals surface area contributed by atoms with Gasteiger partial charge in [0, 0.05) is 12.2 Å². The number of hydrogen-bond donors (Lipinski definition) is 1. The molecule has 1 amide bonds. The normalized spacial score (nSPS) is 32.4. The van der Waals surface area contributed by atoms with Gasteiger partial charge in [-0.05, 0) is 74.7 Å². The molecule has 1 aromatic heterocycles. The standard InChI is InChI=1S/C20H24ClF3N2O2/c1-11(19-6-12-2-13(7-19)4-14(3-12)8-19)25-17(27)10-26-9-15(20(22,23)24)5-16(21)18(26)28/h5,9,11-14H,2-4,6-8,10H2,1H3,(H,25,27)/t11-,12?,13?,14?,19?/m1/s1. The quantitative estimate of drug-likeness (QED) is 0.798. The molecule has 154 valence electrons. The molecule has 5 rings (SSSR count). The fourth-order valence-electron chi connectivity index (χ4n) is 6.17. The lowest BCUT2D eigenvalue weighted by molar-refractivity contribution is -0.138. The number of hydrogen-bond acceptors (Lipinski definition) is 2. The first-order valence-corrected chi connectivity index (χ1v) is 10.2. The summed E-state index contributed by atoms with van der Waals surface area (Å²) in [5.41, 5.74) is -1.76. The van der Waals surface area contributed by atoms with Crippen LogP contribution in [0.25, 0.3) is 0 Å². The molecule has 4 nitrogen and oxygen atoms in total. The number of nitrogens with zero attached hydrogens (tertiary/aromatic N) is 1. The highest BCUT2D eigenvalue weighted by Gasteiger charge is 2.53. The lowest BCUT2D eigenvalue weighted by Gasteiger charge is -2.59. The molecule has 4 saturated carbocycles. The maximum absolute atomic E-state index is 13.0. The van der Waals surface area contributed by atoms with Crippen LogP contribution >= 0.6 is 11.6 Å². The number of amides is 1. The molecule has 0 saturated heterocycles. The zero-order valence-electron chi connectivity index (χ0n) is 15.7. The first kappa shape index (κ1) is 19.8. The van der Waals surface area contributed by atoms with E-state index in [9.17, 15) is 22.8 Å². The fourth-order valence-corrected chi connectivity index (χ4v) is 6.40. The molecule has 4 fully saturated rings. The van der Waals surface area contributed by atoms with Crippen LogP contribution in [-0.4, -0.2) is 16.5 Å². The predicted molar refractivity (Wildman–Crippen MR) is 98.9 cm³/mol. The average molecular weight is 417 g/mol. The van der Waals surface area contributed by atoms with Crippen LogP contribution in [0.4, 0.5) is 13.2 Å². The predicted octanol–water partition coefficient (Wildman–Crippen LogP) is 4.24. The molecule has 4 bridgehead atoms. The number of alkyl halides is 3. The topological polar surface area (TPSA) is 51.1 Å². The summed E-state index contributed by atoms with van der Waals surface area (Å²) in [5.74, 6) is 1.74. The van der Waals surface area contributed by atoms with Gasteiger partial charge in [0.1, 0.15) is 11.6 Å². The van der Waals surface area contributed by atoms with Crippen molar-refractivity contribution in [3.63, 3.8) is 0 Å². The number of nitrogens with one attached hydrogen (secondary N) is 1. The van der Waals surface area contributed by atoms with E-state index >= 15 is 0 Å². The van der Waals surface area contributed by atoms with Crippen LogP contribution in [0.1, 0.15) is 51.0 Å². The Morgan fingerprint density at radius 1 is 1.25 bits per heavy atom. The Kier molecular flexibility index (Phi) is 4.80. The van der Waals surface area contributed by atoms with Gasteiger partial charge in [-0.1, -0.05) is 11.6 Å². The van der Waals surface area contributed by atoms with Crippen molar-refractivity contribution in [2.24, 2.45) is 23.2 Å². The van der Waals surface area contributed by atoms with E-state index in [4.69, 9.17) is 11.6 Å². The maximum Gasteiger partial charge on any atom is 0.417 e. The van der Waals surface area contributed by atoms with Crippen molar-refractivity contribution >= 4 is 17.5 Å². The first-order chi connectivity index (χ1) is 13.1. The molecule has 0 unspecified atom stereocenters. The van der Waals surface area contributed by atoms with Gasteiger partial charge in [0.05, 0.1) is 5.56 Å². The summed E-state index contributed by atoms with van der Waals surface area (Å²) in [6, 6.07) is 0.529. The molecule has 0 aliphatic heterocycles. The molecule has 1 N–H and O–H groups in total. The molecule has 1 heterocycles. The van der Waals surface area contributed by atoms with E-state index in [-0.39, 0.29) is 11.5 Å².